The van der Waals surface area contributed by atoms with E-state index >= 15 is 0 Å². The number of aliphatic hydroxyl groups excluding tert-OH is 1. The van der Waals surface area contributed by atoms with Crippen molar-refractivity contribution >= 4 is 29.9 Å². The molecule has 2 rings (SSSR count). The monoisotopic (exact) mass is 475 g/mol. The summed E-state index contributed by atoms with van der Waals surface area (Å²) in [6, 6.07) is 6.22. The van der Waals surface area contributed by atoms with Gasteiger partial charge in [0.1, 0.15) is 5.82 Å². The molecule has 2 aromatic rings. The second kappa shape index (κ2) is 10.5. The third kappa shape index (κ3) is 5.66. The van der Waals surface area contributed by atoms with Crippen LogP contribution in [0.2, 0.25) is 0 Å². The maximum Gasteiger partial charge on any atom is 0.191 e. The molecule has 1 unspecified atom stereocenters. The molecule has 1 aromatic heterocycles. The van der Waals surface area contributed by atoms with E-state index in [-0.39, 0.29) is 36.1 Å². The number of aliphatic hydroxyl groups is 1. The Bertz CT molecular complexity index is 747. The Morgan fingerprint density at radius 2 is 2.00 bits per heavy atom. The molecule has 0 aliphatic heterocycles. The van der Waals surface area contributed by atoms with Gasteiger partial charge in [0.2, 0.25) is 0 Å². The van der Waals surface area contributed by atoms with Crippen molar-refractivity contribution in [2.75, 3.05) is 13.1 Å². The van der Waals surface area contributed by atoms with Gasteiger partial charge in [-0.1, -0.05) is 18.2 Å². The van der Waals surface area contributed by atoms with Crippen molar-refractivity contribution in [3.05, 3.63) is 52.6 Å². The Morgan fingerprint density at radius 1 is 1.31 bits per heavy atom. The van der Waals surface area contributed by atoms with Gasteiger partial charge in [0.25, 0.3) is 0 Å². The summed E-state index contributed by atoms with van der Waals surface area (Å²) in [4.78, 5) is 4.54. The van der Waals surface area contributed by atoms with Crippen molar-refractivity contribution in [2.45, 2.75) is 33.4 Å². The smallest absolute Gasteiger partial charge is 0.191 e. The van der Waals surface area contributed by atoms with Crippen molar-refractivity contribution in [1.29, 1.82) is 0 Å². The van der Waals surface area contributed by atoms with Gasteiger partial charge < -0.3 is 15.7 Å². The van der Waals surface area contributed by atoms with Crippen molar-refractivity contribution < 1.29 is 9.50 Å². The predicted octanol–water partition coefficient (Wildman–Crippen LogP) is 2.58. The molecule has 0 bridgehead atoms. The second-order valence-corrected chi connectivity index (χ2v) is 5.89. The average molecular weight is 475 g/mol. The highest BCUT2D eigenvalue weighted by Gasteiger charge is 2.13. The molecule has 144 valence electrons. The number of nitrogens with one attached hydrogen (secondary N) is 2. The summed E-state index contributed by atoms with van der Waals surface area (Å²) in [7, 11) is 1.91. The summed E-state index contributed by atoms with van der Waals surface area (Å²) in [6.45, 7) is 7.26. The van der Waals surface area contributed by atoms with Gasteiger partial charge in [-0.05, 0) is 26.8 Å². The van der Waals surface area contributed by atoms with Crippen molar-refractivity contribution in [3.8, 4) is 0 Å². The summed E-state index contributed by atoms with van der Waals surface area (Å²) in [6.07, 6.45) is -0.952. The van der Waals surface area contributed by atoms with Gasteiger partial charge in [-0.15, -0.1) is 24.0 Å². The highest BCUT2D eigenvalue weighted by molar-refractivity contribution is 14.0. The Hall–Kier alpha value is -1.68. The standard InChI is InChI=1S/C18H26FN5O.HI/c1-5-20-18(21-10-15-12(2)23-24(4)13(15)3)22-11-17(25)14-8-6-7-9-16(14)19;/h6-9,17,25H,5,10-11H2,1-4H3,(H2,20,21,22);1H. The molecule has 0 amide bonds. The number of aromatic nitrogens is 2. The summed E-state index contributed by atoms with van der Waals surface area (Å²) < 4.78 is 15.6. The molecule has 6 nitrogen and oxygen atoms in total. The zero-order valence-electron chi connectivity index (χ0n) is 15.6. The first-order chi connectivity index (χ1) is 11.9. The van der Waals surface area contributed by atoms with Crippen LogP contribution in [-0.4, -0.2) is 33.9 Å². The molecule has 0 aliphatic carbocycles. The molecular formula is C18H27FIN5O. The van der Waals surface area contributed by atoms with E-state index in [4.69, 9.17) is 0 Å². The van der Waals surface area contributed by atoms with Crippen LogP contribution in [0, 0.1) is 19.7 Å². The number of hydrogen-bond acceptors (Lipinski definition) is 3. The number of nitrogens with zero attached hydrogens (tertiary/aromatic N) is 3. The molecule has 0 saturated heterocycles. The maximum atomic E-state index is 13.7. The fraction of sp³-hybridized carbons (Fsp3) is 0.444. The lowest BCUT2D eigenvalue weighted by Gasteiger charge is -2.16. The zero-order valence-corrected chi connectivity index (χ0v) is 17.9. The first-order valence-corrected chi connectivity index (χ1v) is 8.37. The minimum Gasteiger partial charge on any atom is -0.386 e. The molecule has 0 spiro atoms. The number of rotatable bonds is 6. The lowest BCUT2D eigenvalue weighted by atomic mass is 10.1. The maximum absolute atomic E-state index is 13.7. The van der Waals surface area contributed by atoms with Crippen molar-refractivity contribution in [1.82, 2.24) is 20.4 Å². The van der Waals surface area contributed by atoms with Gasteiger partial charge in [-0.2, -0.15) is 5.10 Å². The summed E-state index contributed by atoms with van der Waals surface area (Å²) >= 11 is 0. The molecule has 8 heteroatoms. The van der Waals surface area contributed by atoms with Gasteiger partial charge in [-0.25, -0.2) is 9.38 Å². The van der Waals surface area contributed by atoms with Crippen LogP contribution in [0.15, 0.2) is 29.3 Å². The van der Waals surface area contributed by atoms with Crippen molar-refractivity contribution in [3.63, 3.8) is 0 Å². The molecule has 0 fully saturated rings. The van der Waals surface area contributed by atoms with E-state index in [9.17, 15) is 9.50 Å². The summed E-state index contributed by atoms with van der Waals surface area (Å²) in [5.74, 6) is 0.154. The average Bonchev–Trinajstić information content (AvgIpc) is 2.83. The Balaban J connectivity index is 0.00000338. The predicted molar refractivity (Wildman–Crippen MR) is 112 cm³/mol. The number of hydrogen-bond donors (Lipinski definition) is 3. The van der Waals surface area contributed by atoms with Crippen LogP contribution in [0.3, 0.4) is 0 Å². The number of halogens is 2. The molecule has 0 saturated carbocycles. The lowest BCUT2D eigenvalue weighted by Crippen LogP contribution is -2.39. The lowest BCUT2D eigenvalue weighted by molar-refractivity contribution is 0.176. The number of aryl methyl sites for hydroxylation is 2. The molecule has 1 aromatic carbocycles. The van der Waals surface area contributed by atoms with E-state index < -0.39 is 11.9 Å². The first-order valence-electron chi connectivity index (χ1n) is 8.37. The van der Waals surface area contributed by atoms with Crippen LogP contribution < -0.4 is 10.6 Å². The minimum absolute atomic E-state index is 0. The number of guanidine groups is 1. The minimum atomic E-state index is -0.952. The Morgan fingerprint density at radius 3 is 2.58 bits per heavy atom. The van der Waals surface area contributed by atoms with Crippen LogP contribution >= 0.6 is 24.0 Å². The van der Waals surface area contributed by atoms with Crippen LogP contribution in [0.5, 0.6) is 0 Å². The third-order valence-electron chi connectivity index (χ3n) is 4.13. The Labute approximate surface area is 170 Å². The molecule has 0 aliphatic rings. The Kier molecular flexibility index (Phi) is 9.00. The highest BCUT2D eigenvalue weighted by atomic mass is 127. The molecule has 3 N–H and O–H groups in total. The van der Waals surface area contributed by atoms with E-state index in [1.54, 1.807) is 18.2 Å². The third-order valence-corrected chi connectivity index (χ3v) is 4.13. The van der Waals surface area contributed by atoms with Crippen LogP contribution in [0.4, 0.5) is 4.39 Å². The molecule has 26 heavy (non-hydrogen) atoms. The van der Waals surface area contributed by atoms with Crippen LogP contribution in [0.25, 0.3) is 0 Å². The SMILES string of the molecule is CCNC(=NCc1c(C)nn(C)c1C)NCC(O)c1ccccc1F.I. The molecule has 0 radical (unpaired) electrons. The zero-order chi connectivity index (χ0) is 18.4. The normalized spacial score (nSPS) is 12.5. The van der Waals surface area contributed by atoms with E-state index in [1.165, 1.54) is 6.07 Å². The van der Waals surface area contributed by atoms with Gasteiger partial charge in [0.15, 0.2) is 5.96 Å². The quantitative estimate of drug-likeness (QED) is 0.341. The van der Waals surface area contributed by atoms with Crippen molar-refractivity contribution in [2.24, 2.45) is 12.0 Å². The molecular weight excluding hydrogens is 448 g/mol. The van der Waals surface area contributed by atoms with E-state index in [2.05, 4.69) is 20.7 Å². The molecule has 1 atom stereocenters. The first kappa shape index (κ1) is 22.4. The topological polar surface area (TPSA) is 74.5 Å². The number of benzene rings is 1. The van der Waals surface area contributed by atoms with Crippen LogP contribution in [-0.2, 0) is 13.6 Å². The van der Waals surface area contributed by atoms with E-state index in [1.807, 2.05) is 32.5 Å². The second-order valence-electron chi connectivity index (χ2n) is 5.89. The summed E-state index contributed by atoms with van der Waals surface area (Å²) in [5.41, 5.74) is 3.37. The van der Waals surface area contributed by atoms with E-state index in [0.29, 0.717) is 19.0 Å². The van der Waals surface area contributed by atoms with Gasteiger partial charge >= 0.3 is 0 Å². The van der Waals surface area contributed by atoms with E-state index in [0.717, 1.165) is 17.0 Å². The van der Waals surface area contributed by atoms with Gasteiger partial charge in [0, 0.05) is 37.0 Å². The largest absolute Gasteiger partial charge is 0.386 e. The van der Waals surface area contributed by atoms with Gasteiger partial charge in [-0.3, -0.25) is 4.68 Å². The summed E-state index contributed by atoms with van der Waals surface area (Å²) in [5, 5.41) is 20.8. The highest BCUT2D eigenvalue weighted by Crippen LogP contribution is 2.16. The fourth-order valence-electron chi connectivity index (χ4n) is 2.59. The fourth-order valence-corrected chi connectivity index (χ4v) is 2.59. The van der Waals surface area contributed by atoms with Gasteiger partial charge in [0.05, 0.1) is 18.3 Å². The number of aliphatic imine (C=N–C) groups is 1. The molecule has 1 heterocycles. The van der Waals surface area contributed by atoms with Crippen LogP contribution in [0.1, 0.15) is 35.5 Å².